The van der Waals surface area contributed by atoms with Gasteiger partial charge in [-0.15, -0.1) is 24.8 Å². The summed E-state index contributed by atoms with van der Waals surface area (Å²) in [6.07, 6.45) is 1.52. The summed E-state index contributed by atoms with van der Waals surface area (Å²) in [5, 5.41) is 4.27. The molecule has 0 aliphatic carbocycles. The number of halogens is 3. The summed E-state index contributed by atoms with van der Waals surface area (Å²) in [6, 6.07) is 0. The van der Waals surface area contributed by atoms with Crippen molar-refractivity contribution in [1.29, 1.82) is 0 Å². The van der Waals surface area contributed by atoms with Gasteiger partial charge < -0.3 is 5.73 Å². The summed E-state index contributed by atoms with van der Waals surface area (Å²) in [5.41, 5.74) is 5.85. The highest BCUT2D eigenvalue weighted by atomic mass is 35.5. The zero-order valence-corrected chi connectivity index (χ0v) is 7.63. The van der Waals surface area contributed by atoms with Gasteiger partial charge in [0, 0.05) is 7.05 Å². The fourth-order valence-corrected chi connectivity index (χ4v) is 0.532. The van der Waals surface area contributed by atoms with Crippen molar-refractivity contribution in [2.24, 2.45) is 7.05 Å². The zero-order chi connectivity index (χ0) is 6.15. The third-order valence-electron chi connectivity index (χ3n) is 0.892. The molecule has 0 saturated heterocycles. The van der Waals surface area contributed by atoms with E-state index in [1.165, 1.54) is 10.9 Å². The van der Waals surface area contributed by atoms with Crippen LogP contribution in [0.5, 0.6) is 0 Å². The molecule has 0 spiro atoms. The number of aryl methyl sites for hydroxylation is 1. The highest BCUT2D eigenvalue weighted by Crippen LogP contribution is 2.14. The monoisotopic (exact) mass is 203 g/mol. The van der Waals surface area contributed by atoms with E-state index in [0.29, 0.717) is 10.8 Å². The summed E-state index contributed by atoms with van der Waals surface area (Å²) in [6.45, 7) is 0. The lowest BCUT2D eigenvalue weighted by molar-refractivity contribution is 0.769. The highest BCUT2D eigenvalue weighted by Gasteiger charge is 1.97. The van der Waals surface area contributed by atoms with Gasteiger partial charge in [0.25, 0.3) is 0 Å². The van der Waals surface area contributed by atoms with E-state index < -0.39 is 0 Å². The molecule has 0 radical (unpaired) electrons. The van der Waals surface area contributed by atoms with Gasteiger partial charge in [0.1, 0.15) is 5.15 Å². The highest BCUT2D eigenvalue weighted by molar-refractivity contribution is 6.31. The molecular formula is C4H8Cl3N3. The molecule has 1 aromatic heterocycles. The molecule has 1 rings (SSSR count). The Morgan fingerprint density at radius 1 is 1.60 bits per heavy atom. The first kappa shape index (κ1) is 12.5. The molecule has 3 nitrogen and oxygen atoms in total. The first-order valence-electron chi connectivity index (χ1n) is 2.15. The molecule has 0 fully saturated rings. The molecule has 0 atom stereocenters. The Morgan fingerprint density at radius 3 is 2.20 bits per heavy atom. The maximum atomic E-state index is 5.57. The van der Waals surface area contributed by atoms with Crippen LogP contribution in [0.25, 0.3) is 0 Å². The second kappa shape index (κ2) is 4.66. The molecule has 1 heterocycles. The predicted octanol–water partition coefficient (Wildman–Crippen LogP) is 1.50. The van der Waals surface area contributed by atoms with Crippen LogP contribution in [0, 0.1) is 0 Å². The van der Waals surface area contributed by atoms with Crippen LogP contribution in [0.4, 0.5) is 5.69 Å². The minimum absolute atomic E-state index is 0. The van der Waals surface area contributed by atoms with E-state index in [1.807, 2.05) is 0 Å². The average molecular weight is 204 g/mol. The molecule has 0 aromatic carbocycles. The Labute approximate surface area is 76.4 Å². The van der Waals surface area contributed by atoms with Gasteiger partial charge in [-0.05, 0) is 0 Å². The van der Waals surface area contributed by atoms with Crippen LogP contribution in [0.3, 0.4) is 0 Å². The number of aromatic nitrogens is 2. The quantitative estimate of drug-likeness (QED) is 0.696. The molecule has 1 aromatic rings. The second-order valence-corrected chi connectivity index (χ2v) is 1.87. The normalized spacial score (nSPS) is 7.80. The number of rotatable bonds is 0. The third kappa shape index (κ3) is 2.25. The van der Waals surface area contributed by atoms with Crippen molar-refractivity contribution in [3.8, 4) is 0 Å². The topological polar surface area (TPSA) is 43.8 Å². The van der Waals surface area contributed by atoms with Crippen molar-refractivity contribution >= 4 is 42.1 Å². The van der Waals surface area contributed by atoms with Crippen LogP contribution in [-0.4, -0.2) is 9.78 Å². The summed E-state index contributed by atoms with van der Waals surface area (Å²) < 4.78 is 1.51. The van der Waals surface area contributed by atoms with Crippen LogP contribution in [0.1, 0.15) is 0 Å². The summed E-state index contributed by atoms with van der Waals surface area (Å²) in [5.74, 6) is 0. The second-order valence-electron chi connectivity index (χ2n) is 1.51. The predicted molar refractivity (Wildman–Crippen MR) is 47.1 cm³/mol. The summed E-state index contributed by atoms with van der Waals surface area (Å²) >= 11 is 5.57. The molecule has 60 valence electrons. The van der Waals surface area contributed by atoms with Gasteiger partial charge in [-0.3, -0.25) is 4.68 Å². The van der Waals surface area contributed by atoms with Crippen molar-refractivity contribution in [2.45, 2.75) is 0 Å². The Bertz CT molecular complexity index is 178. The molecule has 0 unspecified atom stereocenters. The van der Waals surface area contributed by atoms with E-state index in [-0.39, 0.29) is 24.8 Å². The Hall–Kier alpha value is -0.120. The van der Waals surface area contributed by atoms with Crippen LogP contribution in [0.2, 0.25) is 5.15 Å². The van der Waals surface area contributed by atoms with Crippen LogP contribution >= 0.6 is 36.4 Å². The molecule has 2 N–H and O–H groups in total. The van der Waals surface area contributed by atoms with Gasteiger partial charge in [0.2, 0.25) is 0 Å². The molecule has 0 aliphatic heterocycles. The zero-order valence-electron chi connectivity index (χ0n) is 5.24. The lowest BCUT2D eigenvalue weighted by Crippen LogP contribution is -1.89. The van der Waals surface area contributed by atoms with Crippen LogP contribution in [-0.2, 0) is 7.05 Å². The van der Waals surface area contributed by atoms with Gasteiger partial charge in [-0.1, -0.05) is 11.6 Å². The number of nitrogens with zero attached hydrogens (tertiary/aromatic N) is 2. The van der Waals surface area contributed by atoms with E-state index in [9.17, 15) is 0 Å². The average Bonchev–Trinajstić information content (AvgIpc) is 1.98. The molecular weight excluding hydrogens is 196 g/mol. The van der Waals surface area contributed by atoms with Crippen molar-refractivity contribution in [3.05, 3.63) is 11.3 Å². The van der Waals surface area contributed by atoms with E-state index in [2.05, 4.69) is 5.10 Å². The summed E-state index contributed by atoms with van der Waals surface area (Å²) in [7, 11) is 1.73. The maximum absolute atomic E-state index is 5.57. The summed E-state index contributed by atoms with van der Waals surface area (Å²) in [4.78, 5) is 0. The van der Waals surface area contributed by atoms with Gasteiger partial charge in [0.05, 0.1) is 11.9 Å². The minimum atomic E-state index is 0. The minimum Gasteiger partial charge on any atom is -0.395 e. The number of hydrogen-bond acceptors (Lipinski definition) is 2. The van der Waals surface area contributed by atoms with Crippen molar-refractivity contribution < 1.29 is 0 Å². The number of anilines is 1. The van der Waals surface area contributed by atoms with Crippen molar-refractivity contribution in [2.75, 3.05) is 5.73 Å². The fourth-order valence-electron chi connectivity index (χ4n) is 0.440. The lowest BCUT2D eigenvalue weighted by atomic mass is 10.6. The molecule has 10 heavy (non-hydrogen) atoms. The molecule has 0 saturated carbocycles. The number of hydrogen-bond donors (Lipinski definition) is 1. The first-order valence-corrected chi connectivity index (χ1v) is 2.52. The number of nitrogens with two attached hydrogens (primary N) is 1. The van der Waals surface area contributed by atoms with Gasteiger partial charge in [0.15, 0.2) is 0 Å². The molecule has 0 aliphatic rings. The van der Waals surface area contributed by atoms with Crippen LogP contribution < -0.4 is 5.73 Å². The van der Waals surface area contributed by atoms with E-state index >= 15 is 0 Å². The Balaban J connectivity index is 0. The SMILES string of the molecule is Cl.Cl.Cn1ncc(N)c1Cl. The molecule has 0 amide bonds. The van der Waals surface area contributed by atoms with Gasteiger partial charge >= 0.3 is 0 Å². The molecule has 6 heteroatoms. The van der Waals surface area contributed by atoms with E-state index in [0.717, 1.165) is 0 Å². The fraction of sp³-hybridized carbons (Fsp3) is 0.250. The van der Waals surface area contributed by atoms with Gasteiger partial charge in [-0.25, -0.2) is 0 Å². The standard InChI is InChI=1S/C4H6ClN3.2ClH/c1-8-4(5)3(6)2-7-8;;/h2H,6H2,1H3;2*1H. The van der Waals surface area contributed by atoms with Crippen molar-refractivity contribution in [1.82, 2.24) is 9.78 Å². The van der Waals surface area contributed by atoms with Crippen LogP contribution in [0.15, 0.2) is 6.20 Å². The first-order chi connectivity index (χ1) is 3.72. The van der Waals surface area contributed by atoms with Crippen molar-refractivity contribution in [3.63, 3.8) is 0 Å². The van der Waals surface area contributed by atoms with Gasteiger partial charge in [-0.2, -0.15) is 5.10 Å². The maximum Gasteiger partial charge on any atom is 0.149 e. The van der Waals surface area contributed by atoms with E-state index in [4.69, 9.17) is 17.3 Å². The van der Waals surface area contributed by atoms with E-state index in [1.54, 1.807) is 7.05 Å². The lowest BCUT2D eigenvalue weighted by Gasteiger charge is -1.87. The molecule has 0 bridgehead atoms. The largest absolute Gasteiger partial charge is 0.395 e. The number of nitrogen functional groups attached to an aromatic ring is 1. The third-order valence-corrected chi connectivity index (χ3v) is 1.36. The Kier molecular flexibility index (Phi) is 5.84. The Morgan fingerprint density at radius 2 is 2.10 bits per heavy atom. The smallest absolute Gasteiger partial charge is 0.149 e.